The summed E-state index contributed by atoms with van der Waals surface area (Å²) in [4.78, 5) is 13.5. The molecule has 2 atom stereocenters. The quantitative estimate of drug-likeness (QED) is 0.880. The minimum absolute atomic E-state index is 0.0482. The van der Waals surface area contributed by atoms with Crippen molar-refractivity contribution >= 4 is 23.2 Å². The molecule has 1 aromatic carbocycles. The normalized spacial score (nSPS) is 26.3. The Morgan fingerprint density at radius 3 is 2.60 bits per heavy atom. The molecule has 1 heterocycles. The smallest absolute Gasteiger partial charge is 0.279 e. The summed E-state index contributed by atoms with van der Waals surface area (Å²) in [6.45, 7) is 9.21. The van der Waals surface area contributed by atoms with E-state index >= 15 is 0 Å². The zero-order valence-corrected chi connectivity index (χ0v) is 13.3. The monoisotopic (exact) mass is 295 g/mol. The van der Waals surface area contributed by atoms with E-state index in [2.05, 4.69) is 19.2 Å². The highest BCUT2D eigenvalue weighted by Crippen LogP contribution is 2.22. The third-order valence-corrected chi connectivity index (χ3v) is 4.20. The average Bonchev–Trinajstić information content (AvgIpc) is 2.31. The van der Waals surface area contributed by atoms with E-state index in [4.69, 9.17) is 11.6 Å². The van der Waals surface area contributed by atoms with Gasteiger partial charge >= 0.3 is 0 Å². The first-order valence-electron chi connectivity index (χ1n) is 7.33. The summed E-state index contributed by atoms with van der Waals surface area (Å²) < 4.78 is 0. The van der Waals surface area contributed by atoms with Crippen LogP contribution in [-0.2, 0) is 4.79 Å². The van der Waals surface area contributed by atoms with Crippen LogP contribution in [-0.4, -0.2) is 25.5 Å². The molecule has 0 unspecified atom stereocenters. The van der Waals surface area contributed by atoms with Crippen molar-refractivity contribution in [3.05, 3.63) is 28.8 Å². The van der Waals surface area contributed by atoms with Crippen molar-refractivity contribution in [1.29, 1.82) is 0 Å². The van der Waals surface area contributed by atoms with Crippen molar-refractivity contribution in [1.82, 2.24) is 0 Å². The maximum absolute atomic E-state index is 12.1. The van der Waals surface area contributed by atoms with Gasteiger partial charge in [0.2, 0.25) is 0 Å². The molecule has 0 radical (unpaired) electrons. The van der Waals surface area contributed by atoms with Crippen LogP contribution in [0.15, 0.2) is 18.2 Å². The van der Waals surface area contributed by atoms with Crippen LogP contribution in [0, 0.1) is 18.8 Å². The van der Waals surface area contributed by atoms with Crippen LogP contribution in [0.3, 0.4) is 0 Å². The Morgan fingerprint density at radius 1 is 1.35 bits per heavy atom. The Hall–Kier alpha value is -1.06. The molecular formula is C16H24ClN2O+. The minimum Gasteiger partial charge on any atom is -0.327 e. The molecule has 3 nitrogen and oxygen atoms in total. The SMILES string of the molecule is Cc1ccc(NC(=O)C[NH+]2C[C@H](C)C[C@@H](C)C2)c(Cl)c1. The van der Waals surface area contributed by atoms with E-state index in [0.717, 1.165) is 18.7 Å². The van der Waals surface area contributed by atoms with Gasteiger partial charge in [0.05, 0.1) is 23.8 Å². The first kappa shape index (κ1) is 15.3. The highest BCUT2D eigenvalue weighted by atomic mass is 35.5. The van der Waals surface area contributed by atoms with Gasteiger partial charge in [-0.25, -0.2) is 0 Å². The molecule has 0 bridgehead atoms. The number of piperidine rings is 1. The van der Waals surface area contributed by atoms with Gasteiger partial charge in [0, 0.05) is 11.8 Å². The third-order valence-electron chi connectivity index (χ3n) is 3.89. The van der Waals surface area contributed by atoms with Gasteiger partial charge in [0.1, 0.15) is 0 Å². The number of nitrogens with one attached hydrogen (secondary N) is 2. The molecule has 0 spiro atoms. The molecular weight excluding hydrogens is 272 g/mol. The van der Waals surface area contributed by atoms with Crippen LogP contribution in [0.2, 0.25) is 5.02 Å². The van der Waals surface area contributed by atoms with Crippen molar-refractivity contribution in [3.8, 4) is 0 Å². The number of carbonyl (C=O) groups is 1. The van der Waals surface area contributed by atoms with Crippen LogP contribution < -0.4 is 10.2 Å². The summed E-state index contributed by atoms with van der Waals surface area (Å²) >= 11 is 6.14. The van der Waals surface area contributed by atoms with Gasteiger partial charge in [-0.15, -0.1) is 0 Å². The number of amides is 1. The molecule has 0 aromatic heterocycles. The average molecular weight is 296 g/mol. The molecule has 0 saturated carbocycles. The topological polar surface area (TPSA) is 33.5 Å². The highest BCUT2D eigenvalue weighted by molar-refractivity contribution is 6.33. The summed E-state index contributed by atoms with van der Waals surface area (Å²) in [6, 6.07) is 5.70. The second-order valence-corrected chi connectivity index (χ2v) is 6.72. The summed E-state index contributed by atoms with van der Waals surface area (Å²) in [5.41, 5.74) is 1.80. The summed E-state index contributed by atoms with van der Waals surface area (Å²) in [5, 5.41) is 3.53. The van der Waals surface area contributed by atoms with Gasteiger partial charge in [0.15, 0.2) is 6.54 Å². The Labute approximate surface area is 126 Å². The molecule has 0 aliphatic carbocycles. The lowest BCUT2D eigenvalue weighted by atomic mass is 9.92. The molecule has 1 saturated heterocycles. The maximum atomic E-state index is 12.1. The molecule has 1 fully saturated rings. The number of hydrogen-bond acceptors (Lipinski definition) is 1. The maximum Gasteiger partial charge on any atom is 0.279 e. The van der Waals surface area contributed by atoms with E-state index in [0.29, 0.717) is 29.1 Å². The molecule has 1 aliphatic rings. The minimum atomic E-state index is 0.0482. The zero-order chi connectivity index (χ0) is 14.7. The largest absolute Gasteiger partial charge is 0.327 e. The predicted molar refractivity (Wildman–Crippen MR) is 83.3 cm³/mol. The number of quaternary nitrogens is 1. The van der Waals surface area contributed by atoms with Gasteiger partial charge in [0.25, 0.3) is 5.91 Å². The Morgan fingerprint density at radius 2 is 2.00 bits per heavy atom. The van der Waals surface area contributed by atoms with Crippen molar-refractivity contribution in [2.45, 2.75) is 27.2 Å². The predicted octanol–water partition coefficient (Wildman–Crippen LogP) is 2.15. The van der Waals surface area contributed by atoms with E-state index in [-0.39, 0.29) is 5.91 Å². The summed E-state index contributed by atoms with van der Waals surface area (Å²) in [6.07, 6.45) is 1.27. The number of benzene rings is 1. The van der Waals surface area contributed by atoms with Crippen molar-refractivity contribution < 1.29 is 9.69 Å². The zero-order valence-electron chi connectivity index (χ0n) is 12.5. The van der Waals surface area contributed by atoms with Crippen LogP contribution in [0.4, 0.5) is 5.69 Å². The number of halogens is 1. The number of rotatable bonds is 3. The van der Waals surface area contributed by atoms with E-state index in [1.54, 1.807) is 0 Å². The number of anilines is 1. The molecule has 1 aromatic rings. The number of carbonyl (C=O) groups excluding carboxylic acids is 1. The fourth-order valence-corrected chi connectivity index (χ4v) is 3.49. The Balaban J connectivity index is 1.92. The highest BCUT2D eigenvalue weighted by Gasteiger charge is 2.26. The van der Waals surface area contributed by atoms with E-state index in [1.807, 2.05) is 25.1 Å². The Bertz CT molecular complexity index is 479. The summed E-state index contributed by atoms with van der Waals surface area (Å²) in [5.74, 6) is 1.45. The molecule has 1 amide bonds. The molecule has 1 aliphatic heterocycles. The van der Waals surface area contributed by atoms with Gasteiger partial charge in [-0.1, -0.05) is 31.5 Å². The summed E-state index contributed by atoms with van der Waals surface area (Å²) in [7, 11) is 0. The standard InChI is InChI=1S/C16H23ClN2O/c1-11-4-5-15(14(17)7-11)18-16(20)10-19-8-12(2)6-13(3)9-19/h4-5,7,12-13H,6,8-10H2,1-3H3,(H,18,20)/p+1/t12-,13-/m1/s1. The second kappa shape index (κ2) is 6.59. The fourth-order valence-electron chi connectivity index (χ4n) is 3.21. The Kier molecular flexibility index (Phi) is 5.06. The van der Waals surface area contributed by atoms with E-state index in [9.17, 15) is 4.79 Å². The van der Waals surface area contributed by atoms with Crippen LogP contribution in [0.5, 0.6) is 0 Å². The van der Waals surface area contributed by atoms with Gasteiger partial charge in [-0.2, -0.15) is 0 Å². The number of likely N-dealkylation sites (tertiary alicyclic amines) is 1. The lowest BCUT2D eigenvalue weighted by Crippen LogP contribution is -3.15. The first-order chi connectivity index (χ1) is 9.44. The van der Waals surface area contributed by atoms with Crippen molar-refractivity contribution in [3.63, 3.8) is 0 Å². The van der Waals surface area contributed by atoms with Crippen LogP contribution >= 0.6 is 11.6 Å². The number of aryl methyl sites for hydroxylation is 1. The van der Waals surface area contributed by atoms with E-state index in [1.165, 1.54) is 11.3 Å². The van der Waals surface area contributed by atoms with Crippen molar-refractivity contribution in [2.75, 3.05) is 25.0 Å². The van der Waals surface area contributed by atoms with Crippen LogP contribution in [0.25, 0.3) is 0 Å². The van der Waals surface area contributed by atoms with Gasteiger partial charge < -0.3 is 10.2 Å². The molecule has 20 heavy (non-hydrogen) atoms. The molecule has 4 heteroatoms. The molecule has 2 N–H and O–H groups in total. The number of hydrogen-bond donors (Lipinski definition) is 2. The molecule has 110 valence electrons. The fraction of sp³-hybridized carbons (Fsp3) is 0.562. The lowest BCUT2D eigenvalue weighted by molar-refractivity contribution is -0.904. The lowest BCUT2D eigenvalue weighted by Gasteiger charge is -2.31. The third kappa shape index (κ3) is 4.22. The van der Waals surface area contributed by atoms with Gasteiger partial charge in [-0.3, -0.25) is 4.79 Å². The second-order valence-electron chi connectivity index (χ2n) is 6.31. The first-order valence-corrected chi connectivity index (χ1v) is 7.71. The van der Waals surface area contributed by atoms with Gasteiger partial charge in [-0.05, 0) is 31.0 Å². The van der Waals surface area contributed by atoms with Crippen molar-refractivity contribution in [2.24, 2.45) is 11.8 Å². The van der Waals surface area contributed by atoms with E-state index < -0.39 is 0 Å². The van der Waals surface area contributed by atoms with Crippen LogP contribution in [0.1, 0.15) is 25.8 Å². The molecule has 2 rings (SSSR count).